The van der Waals surface area contributed by atoms with Crippen LogP contribution in [0.25, 0.3) is 0 Å². The summed E-state index contributed by atoms with van der Waals surface area (Å²) in [6.45, 7) is 5.84. The van der Waals surface area contributed by atoms with Gasteiger partial charge in [-0.15, -0.1) is 6.58 Å². The van der Waals surface area contributed by atoms with Crippen LogP contribution in [0.2, 0.25) is 0 Å². The Morgan fingerprint density at radius 2 is 1.97 bits per heavy atom. The molecule has 32 heavy (non-hydrogen) atoms. The van der Waals surface area contributed by atoms with Crippen LogP contribution in [0.4, 0.5) is 15.8 Å². The number of ether oxygens (including phenoxy) is 1. The fourth-order valence-corrected chi connectivity index (χ4v) is 4.11. The quantitative estimate of drug-likeness (QED) is 0.477. The van der Waals surface area contributed by atoms with Crippen LogP contribution in [0.1, 0.15) is 23.7 Å². The zero-order chi connectivity index (χ0) is 23.1. The molecule has 0 saturated carbocycles. The van der Waals surface area contributed by atoms with Gasteiger partial charge in [0.15, 0.2) is 5.17 Å². The number of amides is 2. The summed E-state index contributed by atoms with van der Waals surface area (Å²) in [5.74, 6) is -1.61. The van der Waals surface area contributed by atoms with Crippen molar-refractivity contribution < 1.29 is 23.5 Å². The van der Waals surface area contributed by atoms with Gasteiger partial charge in [0.05, 0.1) is 12.2 Å². The molecule has 9 heteroatoms. The second kappa shape index (κ2) is 10.7. The molecule has 1 atom stereocenters. The Labute approximate surface area is 189 Å². The Kier molecular flexibility index (Phi) is 7.77. The number of amidine groups is 1. The lowest BCUT2D eigenvalue weighted by Gasteiger charge is -2.14. The molecule has 1 saturated heterocycles. The van der Waals surface area contributed by atoms with Crippen LogP contribution in [0.3, 0.4) is 0 Å². The van der Waals surface area contributed by atoms with E-state index in [4.69, 9.17) is 4.74 Å². The Bertz CT molecular complexity index is 1060. The molecule has 1 fully saturated rings. The number of aliphatic imine (C=N–C) groups is 1. The molecule has 0 aliphatic carbocycles. The standard InChI is InChI=1S/C23H22FN3O4S/c1-3-13-27-21(29)19(32-23(27)26-18-8-6-5-7-17(18)24)14-20(28)25-16-11-9-15(10-12-16)22(30)31-4-2/h3,5-12,19H,1,4,13-14H2,2H3,(H,25,28)/t19-/m0/s1. The van der Waals surface area contributed by atoms with Crippen molar-refractivity contribution in [1.82, 2.24) is 4.90 Å². The van der Waals surface area contributed by atoms with E-state index in [0.29, 0.717) is 16.4 Å². The van der Waals surface area contributed by atoms with E-state index in [2.05, 4.69) is 16.9 Å². The first kappa shape index (κ1) is 23.2. The Morgan fingerprint density at radius 3 is 2.62 bits per heavy atom. The van der Waals surface area contributed by atoms with E-state index in [0.717, 1.165) is 11.8 Å². The first-order valence-electron chi connectivity index (χ1n) is 9.92. The monoisotopic (exact) mass is 455 g/mol. The number of benzene rings is 2. The fraction of sp³-hybridized carbons (Fsp3) is 0.217. The van der Waals surface area contributed by atoms with E-state index in [-0.39, 0.29) is 37.1 Å². The summed E-state index contributed by atoms with van der Waals surface area (Å²) in [6, 6.07) is 12.3. The number of carbonyl (C=O) groups is 3. The highest BCUT2D eigenvalue weighted by molar-refractivity contribution is 8.15. The molecule has 0 radical (unpaired) electrons. The van der Waals surface area contributed by atoms with Gasteiger partial charge in [0.2, 0.25) is 11.8 Å². The lowest BCUT2D eigenvalue weighted by Crippen LogP contribution is -2.33. The number of carbonyl (C=O) groups excluding carboxylic acids is 3. The average molecular weight is 456 g/mol. The Hall–Kier alpha value is -3.46. The minimum absolute atomic E-state index is 0.0902. The van der Waals surface area contributed by atoms with Gasteiger partial charge in [0.1, 0.15) is 16.8 Å². The molecule has 1 heterocycles. The number of nitrogens with one attached hydrogen (secondary N) is 1. The summed E-state index contributed by atoms with van der Waals surface area (Å²) >= 11 is 1.11. The van der Waals surface area contributed by atoms with Gasteiger partial charge in [-0.2, -0.15) is 0 Å². The van der Waals surface area contributed by atoms with E-state index >= 15 is 0 Å². The summed E-state index contributed by atoms with van der Waals surface area (Å²) in [5.41, 5.74) is 0.978. The number of halogens is 1. The van der Waals surface area contributed by atoms with E-state index in [1.165, 1.54) is 17.0 Å². The molecule has 2 aromatic carbocycles. The van der Waals surface area contributed by atoms with Gasteiger partial charge in [-0.3, -0.25) is 14.5 Å². The van der Waals surface area contributed by atoms with Crippen LogP contribution in [0, 0.1) is 5.82 Å². The van der Waals surface area contributed by atoms with E-state index in [9.17, 15) is 18.8 Å². The Balaban J connectivity index is 1.68. The molecule has 166 valence electrons. The number of anilines is 1. The maximum Gasteiger partial charge on any atom is 0.338 e. The van der Waals surface area contributed by atoms with Crippen molar-refractivity contribution in [2.45, 2.75) is 18.6 Å². The summed E-state index contributed by atoms with van der Waals surface area (Å²) in [6.07, 6.45) is 1.45. The van der Waals surface area contributed by atoms with Crippen molar-refractivity contribution in [2.75, 3.05) is 18.5 Å². The van der Waals surface area contributed by atoms with Crippen molar-refractivity contribution in [3.05, 3.63) is 72.6 Å². The number of rotatable bonds is 8. The van der Waals surface area contributed by atoms with Crippen molar-refractivity contribution >= 4 is 46.1 Å². The Morgan fingerprint density at radius 1 is 1.25 bits per heavy atom. The lowest BCUT2D eigenvalue weighted by molar-refractivity contribution is -0.127. The topological polar surface area (TPSA) is 88.1 Å². The number of nitrogens with zero attached hydrogens (tertiary/aromatic N) is 2. The second-order valence-electron chi connectivity index (χ2n) is 6.74. The summed E-state index contributed by atoms with van der Waals surface area (Å²) < 4.78 is 18.9. The van der Waals surface area contributed by atoms with E-state index < -0.39 is 17.0 Å². The molecular formula is C23H22FN3O4S. The maximum absolute atomic E-state index is 14.0. The molecule has 3 rings (SSSR count). The lowest BCUT2D eigenvalue weighted by atomic mass is 10.2. The minimum atomic E-state index is -0.695. The third-order valence-electron chi connectivity index (χ3n) is 4.45. The number of para-hydroxylation sites is 1. The average Bonchev–Trinajstić information content (AvgIpc) is 3.05. The predicted octanol–water partition coefficient (Wildman–Crippen LogP) is 4.15. The highest BCUT2D eigenvalue weighted by atomic mass is 32.2. The normalized spacial score (nSPS) is 16.8. The molecular weight excluding hydrogens is 433 g/mol. The largest absolute Gasteiger partial charge is 0.462 e. The molecule has 1 N–H and O–H groups in total. The molecule has 0 aromatic heterocycles. The summed E-state index contributed by atoms with van der Waals surface area (Å²) in [4.78, 5) is 42.7. The predicted molar refractivity (Wildman–Crippen MR) is 122 cm³/mol. The minimum Gasteiger partial charge on any atom is -0.462 e. The first-order chi connectivity index (χ1) is 15.4. The maximum atomic E-state index is 14.0. The second-order valence-corrected chi connectivity index (χ2v) is 7.91. The number of hydrogen-bond acceptors (Lipinski definition) is 6. The molecule has 1 aliphatic rings. The van der Waals surface area contributed by atoms with E-state index in [1.807, 2.05) is 0 Å². The van der Waals surface area contributed by atoms with Crippen LogP contribution in [0.15, 0.2) is 66.2 Å². The van der Waals surface area contributed by atoms with Gasteiger partial charge >= 0.3 is 5.97 Å². The third-order valence-corrected chi connectivity index (χ3v) is 5.63. The smallest absolute Gasteiger partial charge is 0.338 e. The fourth-order valence-electron chi connectivity index (χ4n) is 2.95. The van der Waals surface area contributed by atoms with Crippen LogP contribution < -0.4 is 5.32 Å². The number of esters is 1. The van der Waals surface area contributed by atoms with Gasteiger partial charge in [-0.25, -0.2) is 14.2 Å². The van der Waals surface area contributed by atoms with Crippen molar-refractivity contribution in [1.29, 1.82) is 0 Å². The number of thioether (sulfide) groups is 1. The molecule has 0 unspecified atom stereocenters. The van der Waals surface area contributed by atoms with Gasteiger partial charge in [-0.05, 0) is 43.3 Å². The summed E-state index contributed by atoms with van der Waals surface area (Å²) in [5, 5.41) is 2.33. The molecule has 2 amide bonds. The molecule has 2 aromatic rings. The molecule has 0 spiro atoms. The van der Waals surface area contributed by atoms with Crippen molar-refractivity contribution in [2.24, 2.45) is 4.99 Å². The van der Waals surface area contributed by atoms with Crippen molar-refractivity contribution in [3.63, 3.8) is 0 Å². The number of hydrogen-bond donors (Lipinski definition) is 1. The first-order valence-corrected chi connectivity index (χ1v) is 10.8. The van der Waals surface area contributed by atoms with Gasteiger partial charge in [0.25, 0.3) is 0 Å². The molecule has 7 nitrogen and oxygen atoms in total. The van der Waals surface area contributed by atoms with Crippen molar-refractivity contribution in [3.8, 4) is 0 Å². The third kappa shape index (κ3) is 5.61. The zero-order valence-corrected chi connectivity index (χ0v) is 18.2. The van der Waals surface area contributed by atoms with Crippen LogP contribution >= 0.6 is 11.8 Å². The van der Waals surface area contributed by atoms with Gasteiger partial charge in [0, 0.05) is 18.7 Å². The highest BCUT2D eigenvalue weighted by Crippen LogP contribution is 2.32. The highest BCUT2D eigenvalue weighted by Gasteiger charge is 2.38. The SMILES string of the molecule is C=CCN1C(=O)[C@H](CC(=O)Nc2ccc(C(=O)OCC)cc2)SC1=Nc1ccccc1F. The van der Waals surface area contributed by atoms with Crippen LogP contribution in [-0.4, -0.2) is 46.3 Å². The summed E-state index contributed by atoms with van der Waals surface area (Å²) in [7, 11) is 0. The van der Waals surface area contributed by atoms with Gasteiger partial charge in [-0.1, -0.05) is 30.0 Å². The van der Waals surface area contributed by atoms with Gasteiger partial charge < -0.3 is 10.1 Å². The zero-order valence-electron chi connectivity index (χ0n) is 17.4. The molecule has 0 bridgehead atoms. The van der Waals surface area contributed by atoms with Crippen LogP contribution in [-0.2, 0) is 14.3 Å². The van der Waals surface area contributed by atoms with Crippen LogP contribution in [0.5, 0.6) is 0 Å². The molecule has 1 aliphatic heterocycles. The van der Waals surface area contributed by atoms with E-state index in [1.54, 1.807) is 49.4 Å².